The van der Waals surface area contributed by atoms with E-state index in [2.05, 4.69) is 27.4 Å². The molecule has 3 aromatic rings. The zero-order valence-electron chi connectivity index (χ0n) is 17.4. The van der Waals surface area contributed by atoms with Crippen molar-refractivity contribution in [3.05, 3.63) is 53.5 Å². The number of imidazole rings is 1. The highest BCUT2D eigenvalue weighted by Gasteiger charge is 2.16. The first-order valence-electron chi connectivity index (χ1n) is 11.1. The number of aromatic amines is 1. The smallest absolute Gasteiger partial charge is 0.303 e. The molecule has 0 aliphatic carbocycles. The Balaban J connectivity index is 1.24. The molecule has 0 saturated heterocycles. The fraction of sp³-hybridized carbons (Fsp3) is 0.458. The largest absolute Gasteiger partial charge is 0.481 e. The highest BCUT2D eigenvalue weighted by molar-refractivity contribution is 5.76. The van der Waals surface area contributed by atoms with Crippen molar-refractivity contribution in [3.8, 4) is 0 Å². The van der Waals surface area contributed by atoms with Gasteiger partial charge in [0.1, 0.15) is 5.82 Å². The second-order valence-corrected chi connectivity index (χ2v) is 8.27. The fourth-order valence-electron chi connectivity index (χ4n) is 4.36. The molecule has 0 spiro atoms. The number of anilines is 1. The van der Waals surface area contributed by atoms with Crippen LogP contribution in [-0.4, -0.2) is 32.6 Å². The van der Waals surface area contributed by atoms with E-state index in [0.29, 0.717) is 0 Å². The fourth-order valence-corrected chi connectivity index (χ4v) is 4.36. The van der Waals surface area contributed by atoms with Gasteiger partial charge in [0, 0.05) is 12.2 Å². The van der Waals surface area contributed by atoms with E-state index in [1.54, 1.807) is 6.33 Å². The molecule has 1 atom stereocenters. The number of rotatable bonds is 10. The summed E-state index contributed by atoms with van der Waals surface area (Å²) in [6.45, 7) is 1.02. The molecule has 0 saturated carbocycles. The number of unbranched alkanes of at least 4 members (excludes halogenated alkanes) is 3. The minimum Gasteiger partial charge on any atom is -0.481 e. The van der Waals surface area contributed by atoms with Gasteiger partial charge in [0.05, 0.1) is 23.8 Å². The lowest BCUT2D eigenvalue weighted by Gasteiger charge is -2.17. The van der Waals surface area contributed by atoms with Gasteiger partial charge in [-0.1, -0.05) is 31.4 Å². The number of carbonyl (C=O) groups is 1. The number of hydrogen-bond acceptors (Lipinski definition) is 4. The molecule has 0 amide bonds. The number of carboxylic acid groups (broad SMARTS) is 1. The molecule has 30 heavy (non-hydrogen) atoms. The van der Waals surface area contributed by atoms with Gasteiger partial charge in [0.25, 0.3) is 0 Å². The third-order valence-corrected chi connectivity index (χ3v) is 6.02. The van der Waals surface area contributed by atoms with Crippen LogP contribution in [0.1, 0.15) is 67.7 Å². The highest BCUT2D eigenvalue weighted by Crippen LogP contribution is 2.28. The van der Waals surface area contributed by atoms with E-state index < -0.39 is 5.97 Å². The first kappa shape index (κ1) is 20.4. The number of carboxylic acids is 1. The molecule has 0 fully saturated rings. The van der Waals surface area contributed by atoms with Crippen LogP contribution in [0.2, 0.25) is 0 Å². The summed E-state index contributed by atoms with van der Waals surface area (Å²) >= 11 is 0. The van der Waals surface area contributed by atoms with Crippen LogP contribution in [0.15, 0.2) is 36.7 Å². The summed E-state index contributed by atoms with van der Waals surface area (Å²) in [4.78, 5) is 23.5. The lowest BCUT2D eigenvalue weighted by Crippen LogP contribution is -2.13. The van der Waals surface area contributed by atoms with E-state index in [0.717, 1.165) is 73.9 Å². The number of nitrogens with one attached hydrogen (secondary N) is 2. The van der Waals surface area contributed by atoms with Crippen LogP contribution in [0.3, 0.4) is 0 Å². The Bertz CT molecular complexity index is 998. The van der Waals surface area contributed by atoms with Crippen LogP contribution in [0.25, 0.3) is 11.0 Å². The molecule has 1 aromatic carbocycles. The van der Waals surface area contributed by atoms with Crippen molar-refractivity contribution in [1.82, 2.24) is 15.0 Å². The minimum atomic E-state index is -0.739. The summed E-state index contributed by atoms with van der Waals surface area (Å²) in [6.07, 6.45) is 10.5. The number of pyridine rings is 1. The quantitative estimate of drug-likeness (QED) is 0.409. The zero-order valence-corrected chi connectivity index (χ0v) is 17.4. The van der Waals surface area contributed by atoms with Crippen molar-refractivity contribution in [2.24, 2.45) is 0 Å². The van der Waals surface area contributed by atoms with E-state index in [1.807, 2.05) is 18.2 Å². The van der Waals surface area contributed by atoms with Gasteiger partial charge in [-0.25, -0.2) is 9.97 Å². The zero-order chi connectivity index (χ0) is 20.8. The van der Waals surface area contributed by atoms with Gasteiger partial charge in [-0.15, -0.1) is 0 Å². The molecule has 1 unspecified atom stereocenters. The average Bonchev–Trinajstić information content (AvgIpc) is 3.23. The summed E-state index contributed by atoms with van der Waals surface area (Å²) in [6, 6.07) is 10.4. The molecule has 4 rings (SSSR count). The minimum absolute atomic E-state index is 0.0450. The average molecular weight is 407 g/mol. The Labute approximate surface area is 177 Å². The van der Waals surface area contributed by atoms with Gasteiger partial charge < -0.3 is 15.4 Å². The number of fused-ring (bicyclic) bond motifs is 2. The van der Waals surface area contributed by atoms with E-state index in [4.69, 9.17) is 4.98 Å². The molecule has 0 bridgehead atoms. The van der Waals surface area contributed by atoms with Gasteiger partial charge in [0.2, 0.25) is 0 Å². The molecule has 2 aromatic heterocycles. The van der Waals surface area contributed by atoms with Crippen molar-refractivity contribution >= 4 is 22.8 Å². The van der Waals surface area contributed by atoms with Gasteiger partial charge >= 0.3 is 5.97 Å². The lowest BCUT2D eigenvalue weighted by molar-refractivity contribution is -0.137. The summed E-state index contributed by atoms with van der Waals surface area (Å²) in [5.74, 6) is 0.380. The third kappa shape index (κ3) is 5.17. The van der Waals surface area contributed by atoms with Gasteiger partial charge in [0.15, 0.2) is 0 Å². The molecule has 0 radical (unpaired) electrons. The lowest BCUT2D eigenvalue weighted by atomic mass is 9.90. The van der Waals surface area contributed by atoms with Crippen molar-refractivity contribution < 1.29 is 9.90 Å². The van der Waals surface area contributed by atoms with E-state index in [1.165, 1.54) is 17.7 Å². The first-order chi connectivity index (χ1) is 14.7. The Morgan fingerprint density at radius 2 is 2.03 bits per heavy atom. The maximum absolute atomic E-state index is 11.4. The summed E-state index contributed by atoms with van der Waals surface area (Å²) < 4.78 is 0. The number of hydrogen-bond donors (Lipinski definition) is 3. The molecular formula is C24H30N4O2. The SMILES string of the molecule is O=C(O)CC(CCCCCCc1ccc2c(n1)NCCC2)c1ccc2nc[nH]c2c1. The van der Waals surface area contributed by atoms with E-state index in [9.17, 15) is 9.90 Å². The number of nitrogens with zero attached hydrogens (tertiary/aromatic N) is 2. The molecule has 1 aliphatic heterocycles. The molecule has 1 aliphatic rings. The van der Waals surface area contributed by atoms with Crippen LogP contribution in [0.5, 0.6) is 0 Å². The van der Waals surface area contributed by atoms with Crippen LogP contribution in [-0.2, 0) is 17.6 Å². The maximum atomic E-state index is 11.4. The van der Waals surface area contributed by atoms with Crippen molar-refractivity contribution in [2.45, 2.75) is 63.7 Å². The molecule has 6 heteroatoms. The van der Waals surface area contributed by atoms with Crippen LogP contribution < -0.4 is 5.32 Å². The molecule has 158 valence electrons. The summed E-state index contributed by atoms with van der Waals surface area (Å²) in [5, 5.41) is 12.7. The van der Waals surface area contributed by atoms with Crippen molar-refractivity contribution in [3.63, 3.8) is 0 Å². The number of aryl methyl sites for hydroxylation is 2. The summed E-state index contributed by atoms with van der Waals surface area (Å²) in [7, 11) is 0. The predicted molar refractivity (Wildman–Crippen MR) is 119 cm³/mol. The van der Waals surface area contributed by atoms with E-state index >= 15 is 0 Å². The second kappa shape index (κ2) is 9.74. The number of H-pyrrole nitrogens is 1. The molecule has 6 nitrogen and oxygen atoms in total. The Hall–Kier alpha value is -2.89. The third-order valence-electron chi connectivity index (χ3n) is 6.02. The van der Waals surface area contributed by atoms with Gasteiger partial charge in [-0.2, -0.15) is 0 Å². The molecule has 3 N–H and O–H groups in total. The second-order valence-electron chi connectivity index (χ2n) is 8.27. The van der Waals surface area contributed by atoms with E-state index in [-0.39, 0.29) is 12.3 Å². The van der Waals surface area contributed by atoms with Crippen LogP contribution in [0, 0.1) is 0 Å². The molecular weight excluding hydrogens is 376 g/mol. The number of benzene rings is 1. The Morgan fingerprint density at radius 3 is 2.93 bits per heavy atom. The molecule has 3 heterocycles. The first-order valence-corrected chi connectivity index (χ1v) is 11.1. The Kier molecular flexibility index (Phi) is 6.62. The topological polar surface area (TPSA) is 90.9 Å². The van der Waals surface area contributed by atoms with Crippen molar-refractivity contribution in [2.75, 3.05) is 11.9 Å². The van der Waals surface area contributed by atoms with Crippen LogP contribution >= 0.6 is 0 Å². The van der Waals surface area contributed by atoms with Gasteiger partial charge in [-0.3, -0.25) is 4.79 Å². The highest BCUT2D eigenvalue weighted by atomic mass is 16.4. The van der Waals surface area contributed by atoms with Crippen molar-refractivity contribution in [1.29, 1.82) is 0 Å². The monoisotopic (exact) mass is 406 g/mol. The van der Waals surface area contributed by atoms with Gasteiger partial charge in [-0.05, 0) is 67.3 Å². The standard InChI is InChI=1S/C24H30N4O2/c29-23(30)15-18(19-10-12-21-22(14-19)27-16-26-21)6-3-1-2-4-8-20-11-9-17-7-5-13-25-24(17)28-20/h9-12,14,16,18H,1-8,13,15H2,(H,25,28)(H,26,27)(H,29,30). The van der Waals surface area contributed by atoms with Crippen LogP contribution in [0.4, 0.5) is 5.82 Å². The summed E-state index contributed by atoms with van der Waals surface area (Å²) in [5.41, 5.74) is 5.47. The predicted octanol–water partition coefficient (Wildman–Crippen LogP) is 5.07. The number of aliphatic carboxylic acids is 1. The Morgan fingerprint density at radius 1 is 1.13 bits per heavy atom. The normalized spacial score (nSPS) is 14.3. The maximum Gasteiger partial charge on any atom is 0.303 e. The number of aromatic nitrogens is 3.